The number of rotatable bonds is 8. The second-order valence-electron chi connectivity index (χ2n) is 8.55. The highest BCUT2D eigenvalue weighted by molar-refractivity contribution is 6.00. The number of nitrogens with zero attached hydrogens (tertiary/aromatic N) is 2. The molecule has 0 atom stereocenters. The summed E-state index contributed by atoms with van der Waals surface area (Å²) in [6, 6.07) is 24.7. The summed E-state index contributed by atoms with van der Waals surface area (Å²) in [4.78, 5) is 25.4. The minimum Gasteiger partial charge on any atom is -0.497 e. The Morgan fingerprint density at radius 1 is 1.00 bits per heavy atom. The zero-order valence-corrected chi connectivity index (χ0v) is 19.4. The van der Waals surface area contributed by atoms with Gasteiger partial charge >= 0.3 is 0 Å². The lowest BCUT2D eigenvalue weighted by Crippen LogP contribution is -2.23. The van der Waals surface area contributed by atoms with Crippen molar-refractivity contribution >= 4 is 17.5 Å². The van der Waals surface area contributed by atoms with Crippen molar-refractivity contribution in [2.24, 2.45) is 5.92 Å². The zero-order chi connectivity index (χ0) is 24.2. The Labute approximate surface area is 203 Å². The second kappa shape index (κ2) is 9.85. The molecule has 35 heavy (non-hydrogen) atoms. The lowest BCUT2D eigenvalue weighted by molar-refractivity contribution is -0.117. The van der Waals surface area contributed by atoms with Gasteiger partial charge in [0.1, 0.15) is 11.4 Å². The molecule has 1 heterocycles. The van der Waals surface area contributed by atoms with Gasteiger partial charge in [-0.1, -0.05) is 30.3 Å². The Kier molecular flexibility index (Phi) is 6.30. The van der Waals surface area contributed by atoms with Gasteiger partial charge < -0.3 is 15.4 Å². The van der Waals surface area contributed by atoms with Crippen molar-refractivity contribution in [3.05, 3.63) is 96.2 Å². The number of anilines is 1. The van der Waals surface area contributed by atoms with Crippen LogP contribution < -0.4 is 15.4 Å². The van der Waals surface area contributed by atoms with E-state index in [4.69, 9.17) is 9.84 Å². The fourth-order valence-electron chi connectivity index (χ4n) is 3.84. The lowest BCUT2D eigenvalue weighted by Gasteiger charge is -2.09. The van der Waals surface area contributed by atoms with Crippen LogP contribution in [0.4, 0.5) is 5.69 Å². The molecule has 0 bridgehead atoms. The highest BCUT2D eigenvalue weighted by Crippen LogP contribution is 2.30. The molecule has 0 spiro atoms. The van der Waals surface area contributed by atoms with Crippen LogP contribution in [-0.2, 0) is 11.3 Å². The first-order valence-corrected chi connectivity index (χ1v) is 11.6. The predicted octanol–water partition coefficient (Wildman–Crippen LogP) is 4.83. The molecule has 1 saturated carbocycles. The maximum absolute atomic E-state index is 13.3. The predicted molar refractivity (Wildman–Crippen MR) is 135 cm³/mol. The van der Waals surface area contributed by atoms with Gasteiger partial charge in [0.15, 0.2) is 0 Å². The van der Waals surface area contributed by atoms with E-state index in [9.17, 15) is 9.59 Å². The smallest absolute Gasteiger partial charge is 0.255 e. The quantitative estimate of drug-likeness (QED) is 0.390. The van der Waals surface area contributed by atoms with Crippen molar-refractivity contribution in [1.29, 1.82) is 0 Å². The van der Waals surface area contributed by atoms with Crippen molar-refractivity contribution in [2.45, 2.75) is 19.4 Å². The molecule has 7 heteroatoms. The van der Waals surface area contributed by atoms with E-state index in [1.165, 1.54) is 0 Å². The van der Waals surface area contributed by atoms with Gasteiger partial charge in [0.2, 0.25) is 5.91 Å². The normalized spacial score (nSPS) is 12.7. The molecule has 5 rings (SSSR count). The van der Waals surface area contributed by atoms with Crippen LogP contribution in [0, 0.1) is 5.92 Å². The summed E-state index contributed by atoms with van der Waals surface area (Å²) >= 11 is 0. The third kappa shape index (κ3) is 5.24. The van der Waals surface area contributed by atoms with Gasteiger partial charge in [0.25, 0.3) is 5.91 Å². The third-order valence-electron chi connectivity index (χ3n) is 5.94. The maximum atomic E-state index is 13.3. The van der Waals surface area contributed by atoms with E-state index in [1.807, 2.05) is 78.9 Å². The molecular formula is C28H26N4O3. The van der Waals surface area contributed by atoms with Crippen LogP contribution in [0.5, 0.6) is 5.75 Å². The van der Waals surface area contributed by atoms with E-state index >= 15 is 0 Å². The molecule has 1 fully saturated rings. The van der Waals surface area contributed by atoms with Gasteiger partial charge in [-0.05, 0) is 66.9 Å². The minimum atomic E-state index is -0.231. The fraction of sp³-hybridized carbons (Fsp3) is 0.179. The van der Waals surface area contributed by atoms with Crippen molar-refractivity contribution in [3.63, 3.8) is 0 Å². The van der Waals surface area contributed by atoms with E-state index < -0.39 is 0 Å². The number of hydrogen-bond acceptors (Lipinski definition) is 4. The van der Waals surface area contributed by atoms with E-state index in [2.05, 4.69) is 10.6 Å². The van der Waals surface area contributed by atoms with Crippen LogP contribution in [0.25, 0.3) is 16.9 Å². The standard InChI is InChI=1S/C28H26N4O3/c1-35-24-14-12-20(13-15-24)26-25(18-32(31-26)23-8-3-2-4-9-23)28(34)29-17-19-6-5-7-22(16-19)30-27(33)21-10-11-21/h2-9,12-16,18,21H,10-11,17H2,1H3,(H,29,34)(H,30,33). The van der Waals surface area contributed by atoms with E-state index in [0.717, 1.165) is 41.1 Å². The topological polar surface area (TPSA) is 85.2 Å². The van der Waals surface area contributed by atoms with Gasteiger partial charge in [-0.25, -0.2) is 4.68 Å². The van der Waals surface area contributed by atoms with Crippen molar-refractivity contribution in [3.8, 4) is 22.7 Å². The second-order valence-corrected chi connectivity index (χ2v) is 8.55. The fourth-order valence-corrected chi connectivity index (χ4v) is 3.84. The number of para-hydroxylation sites is 1. The average Bonchev–Trinajstić information content (AvgIpc) is 3.66. The number of carbonyl (C=O) groups is 2. The lowest BCUT2D eigenvalue weighted by atomic mass is 10.1. The van der Waals surface area contributed by atoms with Gasteiger partial charge in [-0.3, -0.25) is 9.59 Å². The van der Waals surface area contributed by atoms with Crippen LogP contribution in [0.15, 0.2) is 85.1 Å². The Balaban J connectivity index is 1.37. The molecule has 0 unspecified atom stereocenters. The number of carbonyl (C=O) groups excluding carboxylic acids is 2. The number of benzene rings is 3. The monoisotopic (exact) mass is 466 g/mol. The molecular weight excluding hydrogens is 440 g/mol. The largest absolute Gasteiger partial charge is 0.497 e. The molecule has 0 saturated heterocycles. The van der Waals surface area contributed by atoms with Crippen molar-refractivity contribution < 1.29 is 14.3 Å². The first-order chi connectivity index (χ1) is 17.1. The van der Waals surface area contributed by atoms with Crippen molar-refractivity contribution in [2.75, 3.05) is 12.4 Å². The van der Waals surface area contributed by atoms with Crippen LogP contribution in [-0.4, -0.2) is 28.7 Å². The van der Waals surface area contributed by atoms with Gasteiger partial charge in [0, 0.05) is 29.9 Å². The molecule has 0 radical (unpaired) electrons. The molecule has 176 valence electrons. The highest BCUT2D eigenvalue weighted by atomic mass is 16.5. The number of hydrogen-bond donors (Lipinski definition) is 2. The minimum absolute atomic E-state index is 0.0589. The summed E-state index contributed by atoms with van der Waals surface area (Å²) in [5, 5.41) is 10.7. The number of aromatic nitrogens is 2. The highest BCUT2D eigenvalue weighted by Gasteiger charge is 2.29. The van der Waals surface area contributed by atoms with E-state index in [-0.39, 0.29) is 17.7 Å². The van der Waals surface area contributed by atoms with Crippen LogP contribution >= 0.6 is 0 Å². The summed E-state index contributed by atoms with van der Waals surface area (Å²) in [5.41, 5.74) is 4.37. The molecule has 3 aromatic carbocycles. The first-order valence-electron chi connectivity index (χ1n) is 11.6. The van der Waals surface area contributed by atoms with E-state index in [1.54, 1.807) is 18.0 Å². The molecule has 4 aromatic rings. The summed E-state index contributed by atoms with van der Waals surface area (Å²) < 4.78 is 6.97. The molecule has 1 aliphatic rings. The number of methoxy groups -OCH3 is 1. The molecule has 7 nitrogen and oxygen atoms in total. The Hall–Kier alpha value is -4.39. The van der Waals surface area contributed by atoms with Crippen LogP contribution in [0.2, 0.25) is 0 Å². The molecule has 1 aliphatic carbocycles. The Morgan fingerprint density at radius 3 is 2.49 bits per heavy atom. The van der Waals surface area contributed by atoms with Gasteiger partial charge in [-0.15, -0.1) is 0 Å². The number of nitrogens with one attached hydrogen (secondary N) is 2. The van der Waals surface area contributed by atoms with Crippen molar-refractivity contribution in [1.82, 2.24) is 15.1 Å². The average molecular weight is 467 g/mol. The molecule has 1 aromatic heterocycles. The molecule has 2 N–H and O–H groups in total. The van der Waals surface area contributed by atoms with Gasteiger partial charge in [0.05, 0.1) is 18.4 Å². The maximum Gasteiger partial charge on any atom is 0.255 e. The van der Waals surface area contributed by atoms with Gasteiger partial charge in [-0.2, -0.15) is 5.10 Å². The van der Waals surface area contributed by atoms with Crippen LogP contribution in [0.1, 0.15) is 28.8 Å². The summed E-state index contributed by atoms with van der Waals surface area (Å²) in [7, 11) is 1.62. The number of ether oxygens (including phenoxy) is 1. The molecule has 2 amide bonds. The third-order valence-corrected chi connectivity index (χ3v) is 5.94. The first kappa shape index (κ1) is 22.4. The number of amides is 2. The summed E-state index contributed by atoms with van der Waals surface area (Å²) in [5.74, 6) is 0.695. The SMILES string of the molecule is COc1ccc(-c2nn(-c3ccccc3)cc2C(=O)NCc2cccc(NC(=O)C3CC3)c2)cc1. The Bertz CT molecular complexity index is 1340. The van der Waals surface area contributed by atoms with E-state index in [0.29, 0.717) is 17.8 Å². The zero-order valence-electron chi connectivity index (χ0n) is 19.4. The van der Waals surface area contributed by atoms with Crippen LogP contribution in [0.3, 0.4) is 0 Å². The summed E-state index contributed by atoms with van der Waals surface area (Å²) in [6.45, 7) is 0.324. The summed E-state index contributed by atoms with van der Waals surface area (Å²) in [6.07, 6.45) is 3.65. The molecule has 0 aliphatic heterocycles. The Morgan fingerprint density at radius 2 is 1.77 bits per heavy atom.